The van der Waals surface area contributed by atoms with Gasteiger partial charge < -0.3 is 9.22 Å². The lowest BCUT2D eigenvalue weighted by Gasteiger charge is -2.29. The summed E-state index contributed by atoms with van der Waals surface area (Å²) in [7, 11) is 6.86. The Morgan fingerprint density at radius 3 is 1.36 bits per heavy atom. The Kier molecular flexibility index (Phi) is 20.1. The van der Waals surface area contributed by atoms with E-state index in [0.717, 1.165) is 17.6 Å². The Labute approximate surface area is 179 Å². The summed E-state index contributed by atoms with van der Waals surface area (Å²) in [6.07, 6.45) is 25.6. The van der Waals surface area contributed by atoms with Crippen LogP contribution in [-0.4, -0.2) is 44.9 Å². The third-order valence-corrected chi connectivity index (χ3v) is 5.73. The molecule has 1 unspecified atom stereocenters. The number of ether oxygens (including phenoxy) is 1. The van der Waals surface area contributed by atoms with E-state index in [1.807, 2.05) is 0 Å². The molecule has 0 saturated carbocycles. The quantitative estimate of drug-likeness (QED) is 0.132. The van der Waals surface area contributed by atoms with Crippen LogP contribution in [0.1, 0.15) is 129 Å². The van der Waals surface area contributed by atoms with Crippen molar-refractivity contribution in [2.75, 3.05) is 34.3 Å². The topological polar surface area (TPSA) is 9.23 Å². The standard InChI is InChI=1S/C26H56NO/c1-6-8-10-11-12-13-14-15-16-17-18-19-20-21-23-26(25-27(3,4)5)28-24-22-9-7-2/h26H,6-25H2,1-5H3/q+1. The SMILES string of the molecule is CCCCCCCCCCCCCCCCC(C[N+](C)(C)C)OCCCCC. The van der Waals surface area contributed by atoms with Gasteiger partial charge in [-0.3, -0.25) is 0 Å². The van der Waals surface area contributed by atoms with E-state index in [1.54, 1.807) is 0 Å². The molecule has 0 radical (unpaired) electrons. The average Bonchev–Trinajstić information content (AvgIpc) is 2.64. The van der Waals surface area contributed by atoms with Gasteiger partial charge in [0.1, 0.15) is 12.6 Å². The minimum absolute atomic E-state index is 0.453. The molecule has 2 heteroatoms. The van der Waals surface area contributed by atoms with E-state index >= 15 is 0 Å². The van der Waals surface area contributed by atoms with Gasteiger partial charge in [0.2, 0.25) is 0 Å². The lowest BCUT2D eigenvalue weighted by atomic mass is 10.0. The molecule has 0 bridgehead atoms. The molecule has 0 heterocycles. The zero-order valence-corrected chi connectivity index (χ0v) is 20.6. The molecule has 2 nitrogen and oxygen atoms in total. The predicted octanol–water partition coefficient (Wildman–Crippen LogP) is 8.14. The van der Waals surface area contributed by atoms with E-state index in [2.05, 4.69) is 35.0 Å². The highest BCUT2D eigenvalue weighted by Crippen LogP contribution is 2.15. The molecule has 1 atom stereocenters. The monoisotopic (exact) mass is 398 g/mol. The highest BCUT2D eigenvalue weighted by molar-refractivity contribution is 4.59. The Morgan fingerprint density at radius 1 is 0.536 bits per heavy atom. The second kappa shape index (κ2) is 20.2. The van der Waals surface area contributed by atoms with Crippen LogP contribution in [0.3, 0.4) is 0 Å². The summed E-state index contributed by atoms with van der Waals surface area (Å²) >= 11 is 0. The van der Waals surface area contributed by atoms with Crippen molar-refractivity contribution in [1.29, 1.82) is 0 Å². The molecule has 170 valence electrons. The molecule has 0 aliphatic carbocycles. The van der Waals surface area contributed by atoms with Crippen molar-refractivity contribution in [1.82, 2.24) is 0 Å². The molecule has 0 aliphatic heterocycles. The van der Waals surface area contributed by atoms with Crippen LogP contribution < -0.4 is 0 Å². The van der Waals surface area contributed by atoms with Crippen molar-refractivity contribution >= 4 is 0 Å². The zero-order valence-electron chi connectivity index (χ0n) is 20.6. The molecule has 0 rings (SSSR count). The normalized spacial score (nSPS) is 13.2. The van der Waals surface area contributed by atoms with Crippen LogP contribution in [0.5, 0.6) is 0 Å². The van der Waals surface area contributed by atoms with E-state index in [1.165, 1.54) is 116 Å². The number of rotatable bonds is 22. The lowest BCUT2D eigenvalue weighted by Crippen LogP contribution is -2.42. The molecule has 0 saturated heterocycles. The molecular weight excluding hydrogens is 342 g/mol. The average molecular weight is 399 g/mol. The fourth-order valence-corrected chi connectivity index (χ4v) is 4.01. The van der Waals surface area contributed by atoms with Crippen LogP contribution in [0.2, 0.25) is 0 Å². The predicted molar refractivity (Wildman–Crippen MR) is 127 cm³/mol. The summed E-state index contributed by atoms with van der Waals surface area (Å²) in [5.41, 5.74) is 0. The van der Waals surface area contributed by atoms with Gasteiger partial charge in [-0.1, -0.05) is 117 Å². The third kappa shape index (κ3) is 22.2. The van der Waals surface area contributed by atoms with Gasteiger partial charge in [-0.2, -0.15) is 0 Å². The van der Waals surface area contributed by atoms with Gasteiger partial charge in [0.25, 0.3) is 0 Å². The van der Waals surface area contributed by atoms with Gasteiger partial charge in [-0.25, -0.2) is 0 Å². The van der Waals surface area contributed by atoms with Crippen LogP contribution >= 0.6 is 0 Å². The maximum atomic E-state index is 6.22. The van der Waals surface area contributed by atoms with Crippen molar-refractivity contribution < 1.29 is 9.22 Å². The molecule has 0 aliphatic rings. The second-order valence-electron chi connectivity index (χ2n) is 10.1. The minimum atomic E-state index is 0.453. The summed E-state index contributed by atoms with van der Waals surface area (Å²) in [5.74, 6) is 0. The van der Waals surface area contributed by atoms with Crippen molar-refractivity contribution in [2.45, 2.75) is 136 Å². The molecule has 0 fully saturated rings. The molecule has 0 N–H and O–H groups in total. The Balaban J connectivity index is 3.52. The fourth-order valence-electron chi connectivity index (χ4n) is 4.01. The molecule has 0 amide bonds. The van der Waals surface area contributed by atoms with E-state index in [9.17, 15) is 0 Å². The maximum Gasteiger partial charge on any atom is 0.106 e. The van der Waals surface area contributed by atoms with Crippen molar-refractivity contribution in [3.63, 3.8) is 0 Å². The van der Waals surface area contributed by atoms with Gasteiger partial charge in [-0.05, 0) is 12.8 Å². The Morgan fingerprint density at radius 2 is 0.929 bits per heavy atom. The molecular formula is C26H56NO+. The van der Waals surface area contributed by atoms with Crippen LogP contribution in [0.4, 0.5) is 0 Å². The Bertz CT molecular complexity index is 297. The fraction of sp³-hybridized carbons (Fsp3) is 1.00. The molecule has 0 aromatic carbocycles. The summed E-state index contributed by atoms with van der Waals surface area (Å²) in [4.78, 5) is 0. The minimum Gasteiger partial charge on any atom is -0.372 e. The molecule has 0 aromatic heterocycles. The van der Waals surface area contributed by atoms with E-state index in [-0.39, 0.29) is 0 Å². The first-order chi connectivity index (χ1) is 13.5. The lowest BCUT2D eigenvalue weighted by molar-refractivity contribution is -0.873. The van der Waals surface area contributed by atoms with Crippen molar-refractivity contribution in [2.24, 2.45) is 0 Å². The first-order valence-electron chi connectivity index (χ1n) is 12.9. The van der Waals surface area contributed by atoms with Crippen molar-refractivity contribution in [3.8, 4) is 0 Å². The zero-order chi connectivity index (χ0) is 20.9. The van der Waals surface area contributed by atoms with Gasteiger partial charge in [0.15, 0.2) is 0 Å². The van der Waals surface area contributed by atoms with Crippen LogP contribution in [-0.2, 0) is 4.74 Å². The summed E-state index contributed by atoms with van der Waals surface area (Å²) in [5, 5.41) is 0. The van der Waals surface area contributed by atoms with Gasteiger partial charge in [0.05, 0.1) is 21.1 Å². The highest BCUT2D eigenvalue weighted by Gasteiger charge is 2.18. The Hall–Kier alpha value is -0.0800. The largest absolute Gasteiger partial charge is 0.372 e. The van der Waals surface area contributed by atoms with E-state index in [0.29, 0.717) is 6.10 Å². The number of likely N-dealkylation sites (N-methyl/N-ethyl adjacent to an activating group) is 1. The number of hydrogen-bond donors (Lipinski definition) is 0. The smallest absolute Gasteiger partial charge is 0.106 e. The van der Waals surface area contributed by atoms with Crippen LogP contribution in [0.15, 0.2) is 0 Å². The van der Waals surface area contributed by atoms with Crippen molar-refractivity contribution in [3.05, 3.63) is 0 Å². The van der Waals surface area contributed by atoms with Gasteiger partial charge >= 0.3 is 0 Å². The second-order valence-corrected chi connectivity index (χ2v) is 10.1. The summed E-state index contributed by atoms with van der Waals surface area (Å²) in [6, 6.07) is 0. The molecule has 0 aromatic rings. The number of nitrogens with zero attached hydrogens (tertiary/aromatic N) is 1. The highest BCUT2D eigenvalue weighted by atomic mass is 16.5. The first-order valence-corrected chi connectivity index (χ1v) is 12.9. The van der Waals surface area contributed by atoms with Gasteiger partial charge in [0, 0.05) is 6.61 Å². The molecule has 28 heavy (non-hydrogen) atoms. The summed E-state index contributed by atoms with van der Waals surface area (Å²) in [6.45, 7) is 6.66. The number of quaternary nitrogens is 1. The van der Waals surface area contributed by atoms with Gasteiger partial charge in [-0.15, -0.1) is 0 Å². The maximum absolute atomic E-state index is 6.22. The molecule has 0 spiro atoms. The number of hydrogen-bond acceptors (Lipinski definition) is 1. The number of unbranched alkanes of at least 4 members (excludes halogenated alkanes) is 15. The first kappa shape index (κ1) is 27.9. The van der Waals surface area contributed by atoms with E-state index < -0.39 is 0 Å². The van der Waals surface area contributed by atoms with Crippen LogP contribution in [0.25, 0.3) is 0 Å². The summed E-state index contributed by atoms with van der Waals surface area (Å²) < 4.78 is 7.23. The van der Waals surface area contributed by atoms with Crippen LogP contribution in [0, 0.1) is 0 Å². The third-order valence-electron chi connectivity index (χ3n) is 5.73. The van der Waals surface area contributed by atoms with E-state index in [4.69, 9.17) is 4.74 Å².